The Balaban J connectivity index is 2.05. The molecule has 0 radical (unpaired) electrons. The Bertz CT molecular complexity index is 433. The van der Waals surface area contributed by atoms with Crippen molar-refractivity contribution >= 4 is 11.7 Å². The van der Waals surface area contributed by atoms with E-state index in [1.54, 1.807) is 25.3 Å². The number of aromatic nitrogens is 2. The molecule has 0 aliphatic carbocycles. The standard InChI is InChI=1S/C11H17N5O/c1-8(2-4-12)11(17)15-10-3-5-14-16(10)9-6-13-7-9/h2-3,5,9,13H,4,6-7,12H2,1H3,(H,15,17)/b8-2+. The Labute approximate surface area is 99.9 Å². The van der Waals surface area contributed by atoms with Crippen LogP contribution in [0.15, 0.2) is 23.9 Å². The molecular formula is C11H17N5O. The number of rotatable bonds is 4. The van der Waals surface area contributed by atoms with Crippen LogP contribution in [0.2, 0.25) is 0 Å². The number of amides is 1. The van der Waals surface area contributed by atoms with Crippen LogP contribution in [0.1, 0.15) is 13.0 Å². The highest BCUT2D eigenvalue weighted by Gasteiger charge is 2.22. The van der Waals surface area contributed by atoms with E-state index in [1.165, 1.54) is 0 Å². The van der Waals surface area contributed by atoms with Gasteiger partial charge in [0.05, 0.1) is 12.2 Å². The summed E-state index contributed by atoms with van der Waals surface area (Å²) in [6.45, 7) is 3.89. The Kier molecular flexibility index (Phi) is 3.55. The van der Waals surface area contributed by atoms with Crippen LogP contribution in [0.4, 0.5) is 5.82 Å². The molecule has 17 heavy (non-hydrogen) atoms. The molecule has 0 saturated carbocycles. The molecule has 1 aliphatic rings. The molecule has 6 heteroatoms. The maximum Gasteiger partial charge on any atom is 0.252 e. The van der Waals surface area contributed by atoms with Crippen LogP contribution in [0, 0.1) is 0 Å². The predicted octanol–water partition coefficient (Wildman–Crippen LogP) is -0.129. The van der Waals surface area contributed by atoms with Crippen LogP contribution in [0.25, 0.3) is 0 Å². The number of hydrogen-bond donors (Lipinski definition) is 3. The molecule has 92 valence electrons. The van der Waals surface area contributed by atoms with E-state index in [-0.39, 0.29) is 5.91 Å². The number of hydrogen-bond acceptors (Lipinski definition) is 4. The van der Waals surface area contributed by atoms with Crippen LogP contribution < -0.4 is 16.4 Å². The van der Waals surface area contributed by atoms with Crippen LogP contribution >= 0.6 is 0 Å². The fourth-order valence-electron chi connectivity index (χ4n) is 1.63. The number of carbonyl (C=O) groups excluding carboxylic acids is 1. The van der Waals surface area contributed by atoms with Crippen molar-refractivity contribution in [2.24, 2.45) is 5.73 Å². The third-order valence-electron chi connectivity index (χ3n) is 2.80. The van der Waals surface area contributed by atoms with Gasteiger partial charge in [0.2, 0.25) is 0 Å². The molecule has 1 amide bonds. The molecule has 2 rings (SSSR count). The first-order valence-corrected chi connectivity index (χ1v) is 5.64. The Morgan fingerprint density at radius 1 is 1.76 bits per heavy atom. The number of anilines is 1. The Hall–Kier alpha value is -1.66. The average Bonchev–Trinajstić information content (AvgIpc) is 2.64. The van der Waals surface area contributed by atoms with Crippen molar-refractivity contribution in [1.29, 1.82) is 0 Å². The summed E-state index contributed by atoms with van der Waals surface area (Å²) in [4.78, 5) is 11.8. The molecule has 1 aromatic heterocycles. The van der Waals surface area contributed by atoms with E-state index in [9.17, 15) is 4.79 Å². The summed E-state index contributed by atoms with van der Waals surface area (Å²) in [5.41, 5.74) is 5.98. The number of nitrogens with two attached hydrogens (primary N) is 1. The Morgan fingerprint density at radius 2 is 2.53 bits per heavy atom. The second kappa shape index (κ2) is 5.11. The lowest BCUT2D eigenvalue weighted by molar-refractivity contribution is -0.112. The number of carbonyl (C=O) groups is 1. The highest BCUT2D eigenvalue weighted by Crippen LogP contribution is 2.17. The normalized spacial score (nSPS) is 16.7. The smallest absolute Gasteiger partial charge is 0.252 e. The van der Waals surface area contributed by atoms with Gasteiger partial charge in [0.25, 0.3) is 5.91 Å². The lowest BCUT2D eigenvalue weighted by Crippen LogP contribution is -2.44. The van der Waals surface area contributed by atoms with Gasteiger partial charge in [-0.15, -0.1) is 0 Å². The van der Waals surface area contributed by atoms with Gasteiger partial charge in [0, 0.05) is 31.3 Å². The monoisotopic (exact) mass is 235 g/mol. The maximum atomic E-state index is 11.8. The summed E-state index contributed by atoms with van der Waals surface area (Å²) in [7, 11) is 0. The summed E-state index contributed by atoms with van der Waals surface area (Å²) in [6, 6.07) is 2.13. The van der Waals surface area contributed by atoms with Gasteiger partial charge < -0.3 is 16.4 Å². The summed E-state index contributed by atoms with van der Waals surface area (Å²) < 4.78 is 1.84. The SMILES string of the molecule is C/C(=C\CN)C(=O)Nc1ccnn1C1CNC1. The van der Waals surface area contributed by atoms with Gasteiger partial charge in [-0.05, 0) is 6.92 Å². The summed E-state index contributed by atoms with van der Waals surface area (Å²) in [5.74, 6) is 0.593. The quantitative estimate of drug-likeness (QED) is 0.635. The van der Waals surface area contributed by atoms with E-state index in [1.807, 2.05) is 4.68 Å². The zero-order valence-electron chi connectivity index (χ0n) is 9.81. The highest BCUT2D eigenvalue weighted by atomic mass is 16.1. The van der Waals surface area contributed by atoms with Crippen LogP contribution in [0.5, 0.6) is 0 Å². The van der Waals surface area contributed by atoms with E-state index < -0.39 is 0 Å². The topological polar surface area (TPSA) is 85.0 Å². The largest absolute Gasteiger partial charge is 0.327 e. The van der Waals surface area contributed by atoms with Crippen LogP contribution in [-0.4, -0.2) is 35.3 Å². The van der Waals surface area contributed by atoms with Crippen LogP contribution in [0.3, 0.4) is 0 Å². The average molecular weight is 235 g/mol. The molecule has 0 aromatic carbocycles. The van der Waals surface area contributed by atoms with Gasteiger partial charge in [-0.2, -0.15) is 5.10 Å². The third kappa shape index (κ3) is 2.54. The zero-order chi connectivity index (χ0) is 12.3. The first-order chi connectivity index (χ1) is 8.22. The second-order valence-electron chi connectivity index (χ2n) is 4.05. The molecule has 0 atom stereocenters. The van der Waals surface area contributed by atoms with E-state index in [0.29, 0.717) is 18.2 Å². The lowest BCUT2D eigenvalue weighted by Gasteiger charge is -2.28. The fourth-order valence-corrected chi connectivity index (χ4v) is 1.63. The minimum atomic E-state index is -0.135. The predicted molar refractivity (Wildman–Crippen MR) is 65.6 cm³/mol. The van der Waals surface area contributed by atoms with Gasteiger partial charge in [0.15, 0.2) is 0 Å². The summed E-state index contributed by atoms with van der Waals surface area (Å²) >= 11 is 0. The molecule has 0 unspecified atom stereocenters. The zero-order valence-corrected chi connectivity index (χ0v) is 9.81. The van der Waals surface area contributed by atoms with Gasteiger partial charge in [-0.1, -0.05) is 6.08 Å². The molecule has 0 bridgehead atoms. The molecular weight excluding hydrogens is 218 g/mol. The maximum absolute atomic E-state index is 11.8. The first kappa shape index (κ1) is 11.8. The van der Waals surface area contributed by atoms with Crippen molar-refractivity contribution in [3.8, 4) is 0 Å². The fraction of sp³-hybridized carbons (Fsp3) is 0.455. The molecule has 2 heterocycles. The van der Waals surface area contributed by atoms with E-state index in [4.69, 9.17) is 5.73 Å². The third-order valence-corrected chi connectivity index (χ3v) is 2.80. The van der Waals surface area contributed by atoms with Gasteiger partial charge in [0.1, 0.15) is 5.82 Å². The van der Waals surface area contributed by atoms with E-state index in [2.05, 4.69) is 15.7 Å². The number of nitrogens with zero attached hydrogens (tertiary/aromatic N) is 2. The van der Waals surface area contributed by atoms with Crippen molar-refractivity contribution in [3.63, 3.8) is 0 Å². The summed E-state index contributed by atoms with van der Waals surface area (Å²) in [5, 5.41) is 10.2. The minimum absolute atomic E-state index is 0.135. The molecule has 1 saturated heterocycles. The van der Waals surface area contributed by atoms with Crippen molar-refractivity contribution < 1.29 is 4.79 Å². The van der Waals surface area contributed by atoms with Crippen molar-refractivity contribution in [2.45, 2.75) is 13.0 Å². The molecule has 1 fully saturated rings. The molecule has 1 aliphatic heterocycles. The highest BCUT2D eigenvalue weighted by molar-refractivity contribution is 6.02. The second-order valence-corrected chi connectivity index (χ2v) is 4.05. The molecule has 4 N–H and O–H groups in total. The van der Waals surface area contributed by atoms with Crippen LogP contribution in [-0.2, 0) is 4.79 Å². The lowest BCUT2D eigenvalue weighted by atomic mass is 10.2. The molecule has 1 aromatic rings. The van der Waals surface area contributed by atoms with Crippen molar-refractivity contribution in [3.05, 3.63) is 23.9 Å². The van der Waals surface area contributed by atoms with E-state index in [0.717, 1.165) is 18.9 Å². The summed E-state index contributed by atoms with van der Waals surface area (Å²) in [6.07, 6.45) is 3.39. The number of nitrogens with one attached hydrogen (secondary N) is 2. The van der Waals surface area contributed by atoms with E-state index >= 15 is 0 Å². The van der Waals surface area contributed by atoms with Gasteiger partial charge in [-0.25, -0.2) is 4.68 Å². The van der Waals surface area contributed by atoms with Gasteiger partial charge >= 0.3 is 0 Å². The first-order valence-electron chi connectivity index (χ1n) is 5.64. The Morgan fingerprint density at radius 3 is 3.12 bits per heavy atom. The van der Waals surface area contributed by atoms with Crippen molar-refractivity contribution in [1.82, 2.24) is 15.1 Å². The van der Waals surface area contributed by atoms with Gasteiger partial charge in [-0.3, -0.25) is 4.79 Å². The molecule has 6 nitrogen and oxygen atoms in total. The van der Waals surface area contributed by atoms with Crippen molar-refractivity contribution in [2.75, 3.05) is 25.0 Å². The minimum Gasteiger partial charge on any atom is -0.327 e. The molecule has 0 spiro atoms.